The van der Waals surface area contributed by atoms with Gasteiger partial charge in [-0.05, 0) is 23.8 Å². The molecule has 4 rings (SSSR count). The lowest BCUT2D eigenvalue weighted by Crippen LogP contribution is -2.16. The molecular weight excluding hydrogens is 348 g/mol. The van der Waals surface area contributed by atoms with Gasteiger partial charge in [0.1, 0.15) is 22.9 Å². The third-order valence-electron chi connectivity index (χ3n) is 4.74. The van der Waals surface area contributed by atoms with Gasteiger partial charge in [-0.15, -0.1) is 0 Å². The molecule has 0 radical (unpaired) electrons. The van der Waals surface area contributed by atoms with Gasteiger partial charge in [-0.3, -0.25) is 0 Å². The van der Waals surface area contributed by atoms with Crippen LogP contribution in [0.3, 0.4) is 0 Å². The van der Waals surface area contributed by atoms with Crippen molar-refractivity contribution in [2.75, 3.05) is 11.5 Å². The van der Waals surface area contributed by atoms with Gasteiger partial charge in [0.05, 0.1) is 5.56 Å². The Morgan fingerprint density at radius 1 is 0.815 bits per heavy atom. The topological polar surface area (TPSA) is 139 Å². The van der Waals surface area contributed by atoms with Crippen LogP contribution < -0.4 is 16.2 Å². The van der Waals surface area contributed by atoms with Crippen LogP contribution in [0.1, 0.15) is 33.0 Å². The summed E-state index contributed by atoms with van der Waals surface area (Å²) in [6, 6.07) is 12.7. The van der Waals surface area contributed by atoms with Gasteiger partial charge in [0.2, 0.25) is 0 Å². The van der Waals surface area contributed by atoms with Gasteiger partial charge in [-0.2, -0.15) is 0 Å². The molecule has 136 valence electrons. The Balaban J connectivity index is 2.08. The molecule has 7 nitrogen and oxygen atoms in total. The Bertz CT molecular complexity index is 1040. The number of nitrogen functional groups attached to an aromatic ring is 2. The second-order valence-electron chi connectivity index (χ2n) is 6.26. The zero-order valence-electron chi connectivity index (χ0n) is 14.0. The number of carboxylic acids is 1. The molecule has 0 bridgehead atoms. The number of hydrogen-bond acceptors (Lipinski definition) is 6. The average molecular weight is 364 g/mol. The molecule has 3 aromatic rings. The number of hydrogen-bond donors (Lipinski definition) is 5. The van der Waals surface area contributed by atoms with Crippen LogP contribution in [0.25, 0.3) is 0 Å². The third-order valence-corrected chi connectivity index (χ3v) is 4.74. The Labute approximate surface area is 154 Å². The minimum atomic E-state index is -1.07. The molecule has 0 atom stereocenters. The largest absolute Gasteiger partial charge is 0.506 e. The highest BCUT2D eigenvalue weighted by Crippen LogP contribution is 2.54. The molecule has 7 N–H and O–H groups in total. The number of rotatable bonds is 2. The smallest absolute Gasteiger partial charge is 0.335 e. The van der Waals surface area contributed by atoms with Crippen molar-refractivity contribution in [2.45, 2.75) is 5.92 Å². The van der Waals surface area contributed by atoms with Crippen LogP contribution in [0.15, 0.2) is 48.5 Å². The van der Waals surface area contributed by atoms with Gasteiger partial charge in [0, 0.05) is 17.0 Å². The quantitative estimate of drug-likeness (QED) is 0.272. The average Bonchev–Trinajstić information content (AvgIpc) is 2.66. The summed E-state index contributed by atoms with van der Waals surface area (Å²) < 4.78 is 5.84. The van der Waals surface area contributed by atoms with Crippen molar-refractivity contribution in [1.82, 2.24) is 0 Å². The van der Waals surface area contributed by atoms with Gasteiger partial charge in [-0.25, -0.2) is 4.79 Å². The monoisotopic (exact) mass is 364 g/mol. The van der Waals surface area contributed by atoms with Gasteiger partial charge in [-0.1, -0.05) is 30.3 Å². The van der Waals surface area contributed by atoms with Crippen LogP contribution in [0.4, 0.5) is 11.4 Å². The van der Waals surface area contributed by atoms with E-state index in [-0.39, 0.29) is 39.9 Å². The Morgan fingerprint density at radius 2 is 1.33 bits per heavy atom. The van der Waals surface area contributed by atoms with Crippen molar-refractivity contribution in [3.8, 4) is 23.0 Å². The highest BCUT2D eigenvalue weighted by Gasteiger charge is 2.34. The molecule has 0 aliphatic carbocycles. The number of fused-ring (bicyclic) bond motifs is 2. The first kappa shape index (κ1) is 16.6. The number of phenols is 2. The highest BCUT2D eigenvalue weighted by molar-refractivity contribution is 5.91. The predicted molar refractivity (Wildman–Crippen MR) is 99.5 cm³/mol. The Kier molecular flexibility index (Phi) is 3.59. The van der Waals surface area contributed by atoms with Crippen LogP contribution in [0, 0.1) is 0 Å². The number of phenolic OH excluding ortho intramolecular Hbond substituents is 2. The summed E-state index contributed by atoms with van der Waals surface area (Å²) in [6.45, 7) is 0. The van der Waals surface area contributed by atoms with E-state index >= 15 is 0 Å². The second-order valence-corrected chi connectivity index (χ2v) is 6.26. The van der Waals surface area contributed by atoms with Crippen molar-refractivity contribution < 1.29 is 24.9 Å². The number of carboxylic acid groups (broad SMARTS) is 1. The summed E-state index contributed by atoms with van der Waals surface area (Å²) in [6.07, 6.45) is 0. The minimum Gasteiger partial charge on any atom is -0.506 e. The standard InChI is InChI=1S/C20H16N2O5/c21-16-13(23)7-5-11-15(9-3-1-2-4-10(9)20(25)26)12-6-8-14(24)17(22)19(12)27-18(11)16/h1-8,15,23-24H,21-22H2,(H,25,26). The van der Waals surface area contributed by atoms with Gasteiger partial charge >= 0.3 is 5.97 Å². The first-order valence-corrected chi connectivity index (χ1v) is 8.13. The van der Waals surface area contributed by atoms with E-state index in [0.717, 1.165) is 0 Å². The molecule has 1 aliphatic heterocycles. The Hall–Kier alpha value is -3.87. The van der Waals surface area contributed by atoms with E-state index in [4.69, 9.17) is 16.2 Å². The lowest BCUT2D eigenvalue weighted by molar-refractivity contribution is 0.0695. The van der Waals surface area contributed by atoms with Crippen LogP contribution in [-0.4, -0.2) is 21.3 Å². The fourth-order valence-corrected chi connectivity index (χ4v) is 3.44. The van der Waals surface area contributed by atoms with Crippen molar-refractivity contribution in [1.29, 1.82) is 0 Å². The van der Waals surface area contributed by atoms with Crippen LogP contribution in [0.5, 0.6) is 23.0 Å². The molecule has 0 aromatic heterocycles. The van der Waals surface area contributed by atoms with E-state index in [1.165, 1.54) is 18.2 Å². The van der Waals surface area contributed by atoms with Crippen molar-refractivity contribution >= 4 is 17.3 Å². The number of benzene rings is 3. The summed E-state index contributed by atoms with van der Waals surface area (Å²) in [4.78, 5) is 11.8. The van der Waals surface area contributed by atoms with E-state index in [1.54, 1.807) is 30.3 Å². The van der Waals surface area contributed by atoms with Gasteiger partial charge in [0.25, 0.3) is 0 Å². The third kappa shape index (κ3) is 2.40. The first-order chi connectivity index (χ1) is 12.9. The number of aromatic hydroxyl groups is 2. The predicted octanol–water partition coefficient (Wildman–Crippen LogP) is 3.25. The lowest BCUT2D eigenvalue weighted by Gasteiger charge is -2.31. The van der Waals surface area contributed by atoms with E-state index in [2.05, 4.69) is 0 Å². The second kappa shape index (κ2) is 5.84. The molecule has 0 fully saturated rings. The molecule has 0 amide bonds. The van der Waals surface area contributed by atoms with E-state index in [9.17, 15) is 20.1 Å². The molecule has 1 heterocycles. The minimum absolute atomic E-state index is 0.0127. The molecule has 0 unspecified atom stereocenters. The Morgan fingerprint density at radius 3 is 1.85 bits per heavy atom. The summed E-state index contributed by atoms with van der Waals surface area (Å²) in [5, 5.41) is 29.6. The van der Waals surface area contributed by atoms with Gasteiger partial charge in [0.15, 0.2) is 11.5 Å². The fraction of sp³-hybridized carbons (Fsp3) is 0.0500. The number of aromatic carboxylic acids is 1. The first-order valence-electron chi connectivity index (χ1n) is 8.13. The number of nitrogens with two attached hydrogens (primary N) is 2. The molecule has 0 saturated carbocycles. The van der Waals surface area contributed by atoms with Crippen LogP contribution in [0.2, 0.25) is 0 Å². The lowest BCUT2D eigenvalue weighted by atomic mass is 9.80. The van der Waals surface area contributed by atoms with E-state index in [1.807, 2.05) is 0 Å². The highest BCUT2D eigenvalue weighted by atomic mass is 16.5. The maximum Gasteiger partial charge on any atom is 0.335 e. The summed E-state index contributed by atoms with van der Waals surface area (Å²) in [5.74, 6) is -1.59. The van der Waals surface area contributed by atoms with Crippen LogP contribution >= 0.6 is 0 Å². The van der Waals surface area contributed by atoms with E-state index in [0.29, 0.717) is 16.7 Å². The fourth-order valence-electron chi connectivity index (χ4n) is 3.44. The zero-order valence-corrected chi connectivity index (χ0v) is 14.0. The number of anilines is 2. The maximum absolute atomic E-state index is 11.8. The zero-order chi connectivity index (χ0) is 19.3. The molecule has 1 aliphatic rings. The van der Waals surface area contributed by atoms with Crippen LogP contribution in [-0.2, 0) is 0 Å². The molecule has 3 aromatic carbocycles. The van der Waals surface area contributed by atoms with Crippen molar-refractivity contribution in [3.63, 3.8) is 0 Å². The molecule has 0 spiro atoms. The molecule has 0 saturated heterocycles. The van der Waals surface area contributed by atoms with Gasteiger partial charge < -0.3 is 31.5 Å². The molecule has 7 heteroatoms. The maximum atomic E-state index is 11.8. The summed E-state index contributed by atoms with van der Waals surface area (Å²) in [7, 11) is 0. The molecular formula is C20H16N2O5. The normalized spacial score (nSPS) is 12.7. The van der Waals surface area contributed by atoms with Crippen molar-refractivity contribution in [3.05, 3.63) is 70.8 Å². The number of ether oxygens (including phenoxy) is 1. The SMILES string of the molecule is Nc1c(O)ccc2c1Oc1c(ccc(O)c1N)C2c1ccccc1C(=O)O. The summed E-state index contributed by atoms with van der Waals surface area (Å²) in [5.41, 5.74) is 13.8. The van der Waals surface area contributed by atoms with E-state index < -0.39 is 11.9 Å². The summed E-state index contributed by atoms with van der Waals surface area (Å²) >= 11 is 0. The number of carbonyl (C=O) groups is 1. The molecule has 27 heavy (non-hydrogen) atoms. The van der Waals surface area contributed by atoms with Crippen molar-refractivity contribution in [2.24, 2.45) is 0 Å².